The number of nitrogens with one attached hydrogen (secondary N) is 1. The molecule has 0 aromatic heterocycles. The number of nitrogens with zero attached hydrogens (tertiary/aromatic N) is 2. The average Bonchev–Trinajstić information content (AvgIpc) is 2.61. The Kier molecular flexibility index (Phi) is 8.80. The normalized spacial score (nSPS) is 10.8. The molecule has 1 atom stereocenters. The van der Waals surface area contributed by atoms with Crippen LogP contribution in [0.2, 0.25) is 0 Å². The number of carbonyl (C=O) groups excluding carboxylic acids is 2. The third-order valence-corrected chi connectivity index (χ3v) is 3.80. The zero-order valence-electron chi connectivity index (χ0n) is 13.2. The monoisotopic (exact) mass is 347 g/mol. The molecule has 0 saturated heterocycles. The second kappa shape index (κ2) is 10.9. The maximum atomic E-state index is 12.4. The van der Waals surface area contributed by atoms with Gasteiger partial charge in [0.05, 0.1) is 24.5 Å². The predicted molar refractivity (Wildman–Crippen MR) is 88.4 cm³/mol. The lowest BCUT2D eigenvalue weighted by molar-refractivity contribution is -0.144. The van der Waals surface area contributed by atoms with Crippen LogP contribution in [0.1, 0.15) is 16.8 Å². The van der Waals surface area contributed by atoms with Crippen LogP contribution >= 0.6 is 11.8 Å². The van der Waals surface area contributed by atoms with E-state index in [2.05, 4.69) is 5.32 Å². The zero-order chi connectivity index (χ0) is 17.8. The molecule has 7 nitrogen and oxygen atoms in total. The molecule has 1 aromatic rings. The number of rotatable bonds is 9. The predicted octanol–water partition coefficient (Wildman–Crippen LogP) is 1.51. The topological polar surface area (TPSA) is 112 Å². The fourth-order valence-corrected chi connectivity index (χ4v) is 2.48. The number of hydrogen-bond acceptors (Lipinski definition) is 7. The Labute approximate surface area is 144 Å². The average molecular weight is 347 g/mol. The fourth-order valence-electron chi connectivity index (χ4n) is 1.84. The summed E-state index contributed by atoms with van der Waals surface area (Å²) < 4.78 is 9.91. The Bertz CT molecular complexity index is 651. The summed E-state index contributed by atoms with van der Waals surface area (Å²) in [6.45, 7) is -0.384. The van der Waals surface area contributed by atoms with Crippen LogP contribution in [0.15, 0.2) is 24.3 Å². The summed E-state index contributed by atoms with van der Waals surface area (Å²) in [7, 11) is 1.45. The molecule has 0 unspecified atom stereocenters. The van der Waals surface area contributed by atoms with E-state index in [9.17, 15) is 9.59 Å². The quantitative estimate of drug-likeness (QED) is 0.532. The number of hydrogen-bond donors (Lipinski definition) is 1. The highest BCUT2D eigenvalue weighted by molar-refractivity contribution is 7.99. The summed E-state index contributed by atoms with van der Waals surface area (Å²) in [6, 6.07) is 9.43. The Morgan fingerprint density at radius 3 is 2.71 bits per heavy atom. The molecule has 24 heavy (non-hydrogen) atoms. The summed E-state index contributed by atoms with van der Waals surface area (Å²) in [4.78, 5) is 24.4. The number of carbonyl (C=O) groups is 2. The van der Waals surface area contributed by atoms with Crippen molar-refractivity contribution in [1.82, 2.24) is 5.32 Å². The van der Waals surface area contributed by atoms with Crippen LogP contribution < -0.4 is 10.1 Å². The molecule has 1 aromatic carbocycles. The van der Waals surface area contributed by atoms with E-state index in [4.69, 9.17) is 20.0 Å². The van der Waals surface area contributed by atoms with E-state index >= 15 is 0 Å². The molecule has 8 heteroatoms. The number of amides is 1. The molecule has 0 aliphatic heterocycles. The fraction of sp³-hybridized carbons (Fsp3) is 0.375. The molecule has 126 valence electrons. The zero-order valence-corrected chi connectivity index (χ0v) is 14.0. The van der Waals surface area contributed by atoms with Gasteiger partial charge in [0.25, 0.3) is 5.91 Å². The third kappa shape index (κ3) is 6.19. The van der Waals surface area contributed by atoms with Gasteiger partial charge in [0.2, 0.25) is 0 Å². The summed E-state index contributed by atoms with van der Waals surface area (Å²) in [5, 5.41) is 19.6. The van der Waals surface area contributed by atoms with Gasteiger partial charge in [0, 0.05) is 0 Å². The van der Waals surface area contributed by atoms with Crippen molar-refractivity contribution in [3.63, 3.8) is 0 Å². The van der Waals surface area contributed by atoms with Crippen molar-refractivity contribution in [2.45, 2.75) is 12.5 Å². The van der Waals surface area contributed by atoms with E-state index in [-0.39, 0.29) is 13.0 Å². The van der Waals surface area contributed by atoms with Gasteiger partial charge in [0.1, 0.15) is 17.9 Å². The lowest BCUT2D eigenvalue weighted by Gasteiger charge is -2.17. The standard InChI is InChI=1S/C16H17N3O4S/c1-22-14-5-3-2-4-12(14)15(20)19-13(6-10-24-11-8-18)16(21)23-9-7-17/h2-5,13H,6,9-11H2,1H3,(H,19,20)/t13-/m0/s1. The van der Waals surface area contributed by atoms with Crippen LogP contribution in [0.3, 0.4) is 0 Å². The molecule has 1 amide bonds. The van der Waals surface area contributed by atoms with Crippen molar-refractivity contribution in [1.29, 1.82) is 10.5 Å². The molecule has 1 rings (SSSR count). The Morgan fingerprint density at radius 1 is 1.29 bits per heavy atom. The van der Waals surface area contributed by atoms with Crippen molar-refractivity contribution < 1.29 is 19.1 Å². The smallest absolute Gasteiger partial charge is 0.329 e. The van der Waals surface area contributed by atoms with Gasteiger partial charge >= 0.3 is 5.97 Å². The largest absolute Gasteiger partial charge is 0.496 e. The Morgan fingerprint density at radius 2 is 2.04 bits per heavy atom. The van der Waals surface area contributed by atoms with Gasteiger partial charge in [-0.25, -0.2) is 4.79 Å². The van der Waals surface area contributed by atoms with Crippen LogP contribution in [0.5, 0.6) is 5.75 Å². The van der Waals surface area contributed by atoms with Gasteiger partial charge in [-0.1, -0.05) is 12.1 Å². The first-order valence-corrected chi connectivity index (χ1v) is 8.21. The van der Waals surface area contributed by atoms with Crippen molar-refractivity contribution >= 4 is 23.6 Å². The Balaban J connectivity index is 2.78. The minimum atomic E-state index is -0.901. The maximum absolute atomic E-state index is 12.4. The van der Waals surface area contributed by atoms with Gasteiger partial charge in [-0.15, -0.1) is 11.8 Å². The summed E-state index contributed by atoms with van der Waals surface area (Å²) >= 11 is 1.34. The van der Waals surface area contributed by atoms with Gasteiger partial charge < -0.3 is 14.8 Å². The first kappa shape index (κ1) is 19.3. The van der Waals surface area contributed by atoms with Crippen LogP contribution in [0.4, 0.5) is 0 Å². The lowest BCUT2D eigenvalue weighted by atomic mass is 10.1. The second-order valence-corrected chi connectivity index (χ2v) is 5.60. The number of thioether (sulfide) groups is 1. The summed E-state index contributed by atoms with van der Waals surface area (Å²) in [5.74, 6) is 0.0129. The summed E-state index contributed by atoms with van der Waals surface area (Å²) in [6.07, 6.45) is 0.289. The van der Waals surface area contributed by atoms with E-state index in [1.165, 1.54) is 18.9 Å². The number of para-hydroxylation sites is 1. The van der Waals surface area contributed by atoms with Crippen molar-refractivity contribution in [3.05, 3.63) is 29.8 Å². The highest BCUT2D eigenvalue weighted by atomic mass is 32.2. The van der Waals surface area contributed by atoms with E-state index in [1.54, 1.807) is 30.3 Å². The third-order valence-electron chi connectivity index (χ3n) is 2.94. The van der Waals surface area contributed by atoms with Gasteiger partial charge in [-0.05, 0) is 24.3 Å². The molecule has 0 aliphatic carbocycles. The maximum Gasteiger partial charge on any atom is 0.329 e. The van der Waals surface area contributed by atoms with Crippen molar-refractivity contribution in [2.75, 3.05) is 25.2 Å². The van der Waals surface area contributed by atoms with Crippen LogP contribution in [0, 0.1) is 22.7 Å². The molecule has 0 saturated carbocycles. The molecule has 0 aliphatic rings. The van der Waals surface area contributed by atoms with E-state index in [0.717, 1.165) is 0 Å². The van der Waals surface area contributed by atoms with Gasteiger partial charge in [-0.2, -0.15) is 10.5 Å². The minimum absolute atomic E-state index is 0.289. The number of methoxy groups -OCH3 is 1. The lowest BCUT2D eigenvalue weighted by Crippen LogP contribution is -2.42. The molecule has 0 fully saturated rings. The van der Waals surface area contributed by atoms with Crippen LogP contribution in [0.25, 0.3) is 0 Å². The highest BCUT2D eigenvalue weighted by Gasteiger charge is 2.24. The molecule has 1 N–H and O–H groups in total. The van der Waals surface area contributed by atoms with E-state index < -0.39 is 17.9 Å². The van der Waals surface area contributed by atoms with Gasteiger partial charge in [-0.3, -0.25) is 4.79 Å². The first-order chi connectivity index (χ1) is 11.6. The molecule has 0 spiro atoms. The highest BCUT2D eigenvalue weighted by Crippen LogP contribution is 2.17. The number of ether oxygens (including phenoxy) is 2. The molecule has 0 radical (unpaired) electrons. The SMILES string of the molecule is COc1ccccc1C(=O)N[C@@H](CCSCC#N)C(=O)OCC#N. The van der Waals surface area contributed by atoms with Crippen LogP contribution in [-0.2, 0) is 9.53 Å². The number of esters is 1. The van der Waals surface area contributed by atoms with E-state index in [1.807, 2.05) is 6.07 Å². The molecule has 0 bridgehead atoms. The van der Waals surface area contributed by atoms with Gasteiger partial charge in [0.15, 0.2) is 6.61 Å². The second-order valence-electron chi connectivity index (χ2n) is 4.49. The number of nitriles is 2. The minimum Gasteiger partial charge on any atom is -0.496 e. The van der Waals surface area contributed by atoms with E-state index in [0.29, 0.717) is 22.8 Å². The van der Waals surface area contributed by atoms with Crippen molar-refractivity contribution in [2.24, 2.45) is 0 Å². The molecular weight excluding hydrogens is 330 g/mol. The first-order valence-electron chi connectivity index (χ1n) is 7.06. The molecular formula is C16H17N3O4S. The number of benzene rings is 1. The van der Waals surface area contributed by atoms with Crippen LogP contribution in [-0.4, -0.2) is 43.1 Å². The van der Waals surface area contributed by atoms with Crippen molar-refractivity contribution in [3.8, 4) is 17.9 Å². The molecule has 0 heterocycles. The Hall–Kier alpha value is -2.71. The summed E-state index contributed by atoms with van der Waals surface area (Å²) in [5.41, 5.74) is 0.294.